The summed E-state index contributed by atoms with van der Waals surface area (Å²) in [5.41, 5.74) is 1.79. The molecule has 0 saturated carbocycles. The number of nitrogens with zero attached hydrogens (tertiary/aromatic N) is 1. The fraction of sp³-hybridized carbons (Fsp3) is 0.316. The molecule has 0 fully saturated rings. The minimum atomic E-state index is -0.528. The Hall–Kier alpha value is -2.27. The van der Waals surface area contributed by atoms with Crippen LogP contribution in [-0.4, -0.2) is 35.6 Å². The van der Waals surface area contributed by atoms with Crippen molar-refractivity contribution in [1.29, 1.82) is 0 Å². The molecule has 1 atom stereocenters. The number of rotatable bonds is 5. The number of aliphatic hydroxyl groups is 1. The van der Waals surface area contributed by atoms with Gasteiger partial charge in [-0.3, -0.25) is 4.79 Å². The van der Waals surface area contributed by atoms with Gasteiger partial charge in [-0.25, -0.2) is 8.78 Å². The average molecular weight is 333 g/mol. The van der Waals surface area contributed by atoms with Gasteiger partial charge >= 0.3 is 0 Å². The molecule has 0 bridgehead atoms. The molecule has 2 aromatic rings. The molecular formula is C19H21F2NO2. The molecule has 2 aromatic carbocycles. The minimum Gasteiger partial charge on any atom is -0.393 e. The van der Waals surface area contributed by atoms with Crippen LogP contribution in [0.25, 0.3) is 11.1 Å². The van der Waals surface area contributed by atoms with Crippen molar-refractivity contribution in [2.45, 2.75) is 26.4 Å². The highest BCUT2D eigenvalue weighted by atomic mass is 19.1. The Morgan fingerprint density at radius 1 is 1.17 bits per heavy atom. The molecule has 128 valence electrons. The van der Waals surface area contributed by atoms with Gasteiger partial charge in [0.1, 0.15) is 11.6 Å². The summed E-state index contributed by atoms with van der Waals surface area (Å²) in [6.45, 7) is 3.75. The summed E-state index contributed by atoms with van der Waals surface area (Å²) in [4.78, 5) is 13.7. The van der Waals surface area contributed by atoms with E-state index in [-0.39, 0.29) is 17.3 Å². The zero-order chi connectivity index (χ0) is 17.9. The van der Waals surface area contributed by atoms with Gasteiger partial charge in [0.15, 0.2) is 0 Å². The van der Waals surface area contributed by atoms with Crippen molar-refractivity contribution in [3.05, 3.63) is 59.2 Å². The van der Waals surface area contributed by atoms with E-state index in [2.05, 4.69) is 0 Å². The largest absolute Gasteiger partial charge is 0.393 e. The summed E-state index contributed by atoms with van der Waals surface area (Å²) < 4.78 is 27.6. The number of benzene rings is 2. The minimum absolute atomic E-state index is 0.240. The molecule has 0 spiro atoms. The highest BCUT2D eigenvalue weighted by Gasteiger charge is 2.16. The van der Waals surface area contributed by atoms with Crippen molar-refractivity contribution in [2.24, 2.45) is 0 Å². The summed E-state index contributed by atoms with van der Waals surface area (Å²) >= 11 is 0. The van der Waals surface area contributed by atoms with Crippen LogP contribution in [0.1, 0.15) is 29.3 Å². The Labute approximate surface area is 140 Å². The van der Waals surface area contributed by atoms with Gasteiger partial charge in [0.05, 0.1) is 6.10 Å². The van der Waals surface area contributed by atoms with E-state index in [9.17, 15) is 18.7 Å². The second kappa shape index (κ2) is 7.53. The van der Waals surface area contributed by atoms with E-state index in [0.29, 0.717) is 29.7 Å². The standard InChI is InChI=1S/C19H21F2NO2/c1-12-10-15(20)5-7-16(12)17-6-4-14(11-18(17)21)19(24)22(3)9-8-13(2)23/h4-7,10-11,13,23H,8-9H2,1-3H3. The molecule has 0 heterocycles. The molecule has 24 heavy (non-hydrogen) atoms. The number of hydrogen-bond acceptors (Lipinski definition) is 2. The van der Waals surface area contributed by atoms with E-state index in [4.69, 9.17) is 0 Å². The van der Waals surface area contributed by atoms with Crippen molar-refractivity contribution in [2.75, 3.05) is 13.6 Å². The fourth-order valence-electron chi connectivity index (χ4n) is 2.50. The Balaban J connectivity index is 2.24. The Morgan fingerprint density at radius 3 is 2.42 bits per heavy atom. The van der Waals surface area contributed by atoms with E-state index in [1.807, 2.05) is 0 Å². The Morgan fingerprint density at radius 2 is 1.83 bits per heavy atom. The highest BCUT2D eigenvalue weighted by Crippen LogP contribution is 2.27. The molecule has 3 nitrogen and oxygen atoms in total. The van der Waals surface area contributed by atoms with Gasteiger partial charge in [0, 0.05) is 24.7 Å². The lowest BCUT2D eigenvalue weighted by molar-refractivity contribution is 0.0768. The van der Waals surface area contributed by atoms with E-state index in [1.165, 1.54) is 35.2 Å². The predicted octanol–water partition coefficient (Wildman–Crippen LogP) is 3.78. The molecular weight excluding hydrogens is 312 g/mol. The molecule has 2 rings (SSSR count). The average Bonchev–Trinajstić information content (AvgIpc) is 2.52. The molecule has 0 aliphatic heterocycles. The van der Waals surface area contributed by atoms with Gasteiger partial charge in [-0.15, -0.1) is 0 Å². The van der Waals surface area contributed by atoms with Gasteiger partial charge in [0.2, 0.25) is 0 Å². The van der Waals surface area contributed by atoms with Crippen LogP contribution in [-0.2, 0) is 0 Å². The summed E-state index contributed by atoms with van der Waals surface area (Å²) in [5, 5.41) is 9.28. The maximum Gasteiger partial charge on any atom is 0.253 e. The summed E-state index contributed by atoms with van der Waals surface area (Å²) in [6.07, 6.45) is -0.0433. The molecule has 0 aliphatic rings. The Kier molecular flexibility index (Phi) is 5.67. The molecule has 1 N–H and O–H groups in total. The molecule has 0 saturated heterocycles. The van der Waals surface area contributed by atoms with Crippen LogP contribution in [0.2, 0.25) is 0 Å². The van der Waals surface area contributed by atoms with Gasteiger partial charge in [-0.05, 0) is 55.7 Å². The normalized spacial score (nSPS) is 12.1. The van der Waals surface area contributed by atoms with Crippen LogP contribution in [0.15, 0.2) is 36.4 Å². The SMILES string of the molecule is Cc1cc(F)ccc1-c1ccc(C(=O)N(C)CCC(C)O)cc1F. The lowest BCUT2D eigenvalue weighted by Crippen LogP contribution is -2.29. The molecule has 5 heteroatoms. The van der Waals surface area contributed by atoms with Crippen LogP contribution in [0.3, 0.4) is 0 Å². The topological polar surface area (TPSA) is 40.5 Å². The van der Waals surface area contributed by atoms with Crippen molar-refractivity contribution in [3.8, 4) is 11.1 Å². The summed E-state index contributed by atoms with van der Waals surface area (Å²) in [5.74, 6) is -1.21. The van der Waals surface area contributed by atoms with Crippen molar-refractivity contribution in [3.63, 3.8) is 0 Å². The van der Waals surface area contributed by atoms with Crippen LogP contribution in [0.5, 0.6) is 0 Å². The zero-order valence-electron chi connectivity index (χ0n) is 14.0. The third-order valence-corrected chi connectivity index (χ3v) is 3.92. The number of aryl methyl sites for hydroxylation is 1. The lowest BCUT2D eigenvalue weighted by atomic mass is 9.98. The van der Waals surface area contributed by atoms with E-state index in [1.54, 1.807) is 27.0 Å². The third kappa shape index (κ3) is 4.17. The molecule has 0 aromatic heterocycles. The van der Waals surface area contributed by atoms with Crippen LogP contribution < -0.4 is 0 Å². The maximum absolute atomic E-state index is 14.4. The molecule has 0 radical (unpaired) electrons. The van der Waals surface area contributed by atoms with Crippen molar-refractivity contribution >= 4 is 5.91 Å². The Bertz CT molecular complexity index is 744. The van der Waals surface area contributed by atoms with Crippen LogP contribution >= 0.6 is 0 Å². The molecule has 1 amide bonds. The second-order valence-electron chi connectivity index (χ2n) is 6.02. The summed E-state index contributed by atoms with van der Waals surface area (Å²) in [6, 6.07) is 8.44. The van der Waals surface area contributed by atoms with Gasteiger partial charge in [-0.2, -0.15) is 0 Å². The number of carbonyl (C=O) groups is 1. The number of aliphatic hydroxyl groups excluding tert-OH is 1. The van der Waals surface area contributed by atoms with Crippen LogP contribution in [0.4, 0.5) is 8.78 Å². The molecule has 0 aliphatic carbocycles. The maximum atomic E-state index is 14.4. The van der Waals surface area contributed by atoms with Gasteiger partial charge < -0.3 is 10.0 Å². The predicted molar refractivity (Wildman–Crippen MR) is 89.8 cm³/mol. The number of halogens is 2. The molecule has 1 unspecified atom stereocenters. The van der Waals surface area contributed by atoms with E-state index < -0.39 is 11.9 Å². The number of amides is 1. The van der Waals surface area contributed by atoms with E-state index in [0.717, 1.165) is 0 Å². The van der Waals surface area contributed by atoms with Gasteiger partial charge in [-0.1, -0.05) is 12.1 Å². The smallest absolute Gasteiger partial charge is 0.253 e. The van der Waals surface area contributed by atoms with Crippen molar-refractivity contribution in [1.82, 2.24) is 4.90 Å². The first kappa shape index (κ1) is 18.1. The quantitative estimate of drug-likeness (QED) is 0.904. The first-order chi connectivity index (χ1) is 11.3. The highest BCUT2D eigenvalue weighted by molar-refractivity contribution is 5.94. The van der Waals surface area contributed by atoms with E-state index >= 15 is 0 Å². The number of carbonyl (C=O) groups excluding carboxylic acids is 1. The van der Waals surface area contributed by atoms with Crippen molar-refractivity contribution < 1.29 is 18.7 Å². The monoisotopic (exact) mass is 333 g/mol. The number of hydrogen-bond donors (Lipinski definition) is 1. The first-order valence-corrected chi connectivity index (χ1v) is 7.79. The second-order valence-corrected chi connectivity index (χ2v) is 6.02. The van der Waals surface area contributed by atoms with Crippen LogP contribution in [0, 0.1) is 18.6 Å². The fourth-order valence-corrected chi connectivity index (χ4v) is 2.50. The zero-order valence-corrected chi connectivity index (χ0v) is 14.0. The van der Waals surface area contributed by atoms with Gasteiger partial charge in [0.25, 0.3) is 5.91 Å². The first-order valence-electron chi connectivity index (χ1n) is 7.79. The third-order valence-electron chi connectivity index (χ3n) is 3.92. The summed E-state index contributed by atoms with van der Waals surface area (Å²) in [7, 11) is 1.61. The lowest BCUT2D eigenvalue weighted by Gasteiger charge is -2.18.